The number of amides is 2. The maximum Gasteiger partial charge on any atom is 0.255 e. The van der Waals surface area contributed by atoms with Crippen LogP contribution in [0.1, 0.15) is 10.4 Å². The first-order chi connectivity index (χ1) is 9.45. The minimum atomic E-state index is -0.307. The lowest BCUT2D eigenvalue weighted by Crippen LogP contribution is -2.39. The first-order valence-electron chi connectivity index (χ1n) is 5.92. The molecule has 1 rings (SSSR count). The molecule has 1 aromatic carbocycles. The molecule has 2 amide bonds. The first kappa shape index (κ1) is 16.9. The van der Waals surface area contributed by atoms with Crippen molar-refractivity contribution in [3.05, 3.63) is 33.3 Å². The predicted molar refractivity (Wildman–Crippen MR) is 81.0 cm³/mol. The van der Waals surface area contributed by atoms with E-state index in [-0.39, 0.29) is 18.4 Å². The maximum absolute atomic E-state index is 12.2. The number of nitrogens with zero attached hydrogens (tertiary/aromatic N) is 1. The number of rotatable bonds is 6. The molecule has 0 saturated heterocycles. The topological polar surface area (TPSA) is 58.6 Å². The lowest BCUT2D eigenvalue weighted by Gasteiger charge is -2.17. The average Bonchev–Trinajstić information content (AvgIpc) is 2.41. The van der Waals surface area contributed by atoms with Crippen molar-refractivity contribution in [2.24, 2.45) is 0 Å². The summed E-state index contributed by atoms with van der Waals surface area (Å²) in [5.41, 5.74) is 0.355. The Morgan fingerprint density at radius 1 is 1.45 bits per heavy atom. The number of carbonyl (C=O) groups is 2. The Balaban J connectivity index is 2.62. The van der Waals surface area contributed by atoms with Crippen LogP contribution in [-0.4, -0.2) is 50.6 Å². The van der Waals surface area contributed by atoms with Crippen molar-refractivity contribution in [3.63, 3.8) is 0 Å². The van der Waals surface area contributed by atoms with Crippen molar-refractivity contribution < 1.29 is 14.3 Å². The zero-order valence-corrected chi connectivity index (χ0v) is 13.6. The number of benzene rings is 1. The monoisotopic (exact) mass is 362 g/mol. The van der Waals surface area contributed by atoms with Crippen LogP contribution >= 0.6 is 27.5 Å². The third-order valence-electron chi connectivity index (χ3n) is 2.51. The largest absolute Gasteiger partial charge is 0.383 e. The summed E-state index contributed by atoms with van der Waals surface area (Å²) in [7, 11) is 3.10. The zero-order valence-electron chi connectivity index (χ0n) is 11.3. The summed E-state index contributed by atoms with van der Waals surface area (Å²) < 4.78 is 5.58. The fourth-order valence-electron chi connectivity index (χ4n) is 1.50. The van der Waals surface area contributed by atoms with Gasteiger partial charge in [0.25, 0.3) is 5.91 Å². The smallest absolute Gasteiger partial charge is 0.255 e. The highest BCUT2D eigenvalue weighted by molar-refractivity contribution is 9.10. The van der Waals surface area contributed by atoms with Crippen LogP contribution in [0.5, 0.6) is 0 Å². The Labute approximate surface area is 131 Å². The van der Waals surface area contributed by atoms with Gasteiger partial charge in [-0.05, 0) is 18.2 Å². The average molecular weight is 364 g/mol. The zero-order chi connectivity index (χ0) is 15.1. The molecule has 0 atom stereocenters. The lowest BCUT2D eigenvalue weighted by atomic mass is 10.2. The van der Waals surface area contributed by atoms with Crippen LogP contribution in [0.25, 0.3) is 0 Å². The van der Waals surface area contributed by atoms with Gasteiger partial charge in [0.15, 0.2) is 0 Å². The molecule has 110 valence electrons. The van der Waals surface area contributed by atoms with Crippen molar-refractivity contribution in [1.82, 2.24) is 10.2 Å². The van der Waals surface area contributed by atoms with Crippen LogP contribution in [0.15, 0.2) is 22.7 Å². The van der Waals surface area contributed by atoms with Gasteiger partial charge in [-0.3, -0.25) is 9.59 Å². The fourth-order valence-corrected chi connectivity index (χ4v) is 2.06. The predicted octanol–water partition coefficient (Wildman–Crippen LogP) is 1.94. The summed E-state index contributed by atoms with van der Waals surface area (Å²) in [6, 6.07) is 5.01. The van der Waals surface area contributed by atoms with Gasteiger partial charge in [0.05, 0.1) is 23.7 Å². The van der Waals surface area contributed by atoms with Crippen molar-refractivity contribution in [1.29, 1.82) is 0 Å². The van der Waals surface area contributed by atoms with Gasteiger partial charge in [0, 0.05) is 25.2 Å². The van der Waals surface area contributed by atoms with E-state index in [0.717, 1.165) is 4.47 Å². The molecule has 7 heteroatoms. The van der Waals surface area contributed by atoms with Crippen molar-refractivity contribution in [2.45, 2.75) is 0 Å². The second-order valence-corrected chi connectivity index (χ2v) is 5.45. The van der Waals surface area contributed by atoms with Crippen LogP contribution in [0.3, 0.4) is 0 Å². The van der Waals surface area contributed by atoms with E-state index in [9.17, 15) is 9.59 Å². The molecule has 0 heterocycles. The van der Waals surface area contributed by atoms with Crippen LogP contribution in [-0.2, 0) is 9.53 Å². The van der Waals surface area contributed by atoms with Crippen LogP contribution in [0.4, 0.5) is 0 Å². The molecule has 0 fully saturated rings. The summed E-state index contributed by atoms with van der Waals surface area (Å²) in [4.78, 5) is 25.1. The molecule has 1 N–H and O–H groups in total. The minimum Gasteiger partial charge on any atom is -0.383 e. The molecule has 0 spiro atoms. The van der Waals surface area contributed by atoms with Gasteiger partial charge in [0.2, 0.25) is 5.91 Å². The normalized spacial score (nSPS) is 10.2. The number of likely N-dealkylation sites (N-methyl/N-ethyl adjacent to an activating group) is 1. The van der Waals surface area contributed by atoms with E-state index in [4.69, 9.17) is 16.3 Å². The Bertz CT molecular complexity index is 497. The van der Waals surface area contributed by atoms with Gasteiger partial charge < -0.3 is 15.0 Å². The fraction of sp³-hybridized carbons (Fsp3) is 0.385. The Morgan fingerprint density at radius 2 is 2.15 bits per heavy atom. The van der Waals surface area contributed by atoms with Gasteiger partial charge >= 0.3 is 0 Å². The Hall–Kier alpha value is -1.11. The van der Waals surface area contributed by atoms with E-state index in [1.807, 2.05) is 0 Å². The van der Waals surface area contributed by atoms with Crippen LogP contribution in [0, 0.1) is 0 Å². The highest BCUT2D eigenvalue weighted by Gasteiger charge is 2.17. The molecule has 0 bridgehead atoms. The number of hydrogen-bond donors (Lipinski definition) is 1. The van der Waals surface area contributed by atoms with Gasteiger partial charge in [-0.2, -0.15) is 0 Å². The molecular weight excluding hydrogens is 348 g/mol. The number of halogens is 2. The molecule has 0 saturated carbocycles. The summed E-state index contributed by atoms with van der Waals surface area (Å²) in [6.45, 7) is 0.807. The van der Waals surface area contributed by atoms with Gasteiger partial charge in [-0.1, -0.05) is 27.5 Å². The number of methoxy groups -OCH3 is 1. The molecule has 1 aromatic rings. The molecule has 0 aromatic heterocycles. The molecular formula is C13H16BrClN2O3. The number of carbonyl (C=O) groups excluding carboxylic acids is 2. The number of nitrogens with one attached hydrogen (secondary N) is 1. The highest BCUT2D eigenvalue weighted by atomic mass is 79.9. The number of hydrogen-bond acceptors (Lipinski definition) is 3. The van der Waals surface area contributed by atoms with Crippen LogP contribution < -0.4 is 5.32 Å². The van der Waals surface area contributed by atoms with E-state index in [0.29, 0.717) is 23.7 Å². The minimum absolute atomic E-state index is 0.0363. The third-order valence-corrected chi connectivity index (χ3v) is 3.34. The van der Waals surface area contributed by atoms with Crippen molar-refractivity contribution >= 4 is 39.3 Å². The third kappa shape index (κ3) is 5.11. The van der Waals surface area contributed by atoms with E-state index < -0.39 is 0 Å². The summed E-state index contributed by atoms with van der Waals surface area (Å²) in [5.74, 6) is -0.554. The van der Waals surface area contributed by atoms with E-state index >= 15 is 0 Å². The first-order valence-corrected chi connectivity index (χ1v) is 7.09. The molecule has 20 heavy (non-hydrogen) atoms. The van der Waals surface area contributed by atoms with Gasteiger partial charge in [-0.25, -0.2) is 0 Å². The molecule has 0 aliphatic rings. The second kappa shape index (κ2) is 8.24. The SMILES string of the molecule is COCCNC(=O)CN(C)C(=O)c1cc(Br)ccc1Cl. The van der Waals surface area contributed by atoms with E-state index in [2.05, 4.69) is 21.2 Å². The molecule has 0 unspecified atom stereocenters. The number of ether oxygens (including phenoxy) is 1. The summed E-state index contributed by atoms with van der Waals surface area (Å²) in [5, 5.41) is 3.00. The molecule has 0 aliphatic heterocycles. The second-order valence-electron chi connectivity index (χ2n) is 4.13. The molecule has 0 aliphatic carbocycles. The van der Waals surface area contributed by atoms with Crippen molar-refractivity contribution in [3.8, 4) is 0 Å². The Kier molecular flexibility index (Phi) is 6.98. The Morgan fingerprint density at radius 3 is 2.80 bits per heavy atom. The molecule has 0 radical (unpaired) electrons. The lowest BCUT2D eigenvalue weighted by molar-refractivity contribution is -0.121. The summed E-state index contributed by atoms with van der Waals surface area (Å²) >= 11 is 9.27. The van der Waals surface area contributed by atoms with Gasteiger partial charge in [-0.15, -0.1) is 0 Å². The highest BCUT2D eigenvalue weighted by Crippen LogP contribution is 2.22. The molecule has 5 nitrogen and oxygen atoms in total. The quantitative estimate of drug-likeness (QED) is 0.786. The van der Waals surface area contributed by atoms with E-state index in [1.165, 1.54) is 4.90 Å². The van der Waals surface area contributed by atoms with E-state index in [1.54, 1.807) is 32.4 Å². The van der Waals surface area contributed by atoms with Crippen LogP contribution in [0.2, 0.25) is 5.02 Å². The van der Waals surface area contributed by atoms with Gasteiger partial charge in [0.1, 0.15) is 0 Å². The summed E-state index contributed by atoms with van der Waals surface area (Å²) in [6.07, 6.45) is 0. The maximum atomic E-state index is 12.2. The standard InChI is InChI=1S/C13H16BrClN2O3/c1-17(8-12(18)16-5-6-20-2)13(19)10-7-9(14)3-4-11(10)15/h3-4,7H,5-6,8H2,1-2H3,(H,16,18). The van der Waals surface area contributed by atoms with Crippen molar-refractivity contribution in [2.75, 3.05) is 33.9 Å².